The molecule has 0 bridgehead atoms. The smallest absolute Gasteiger partial charge is 0.217 e. The Morgan fingerprint density at radius 3 is 1.84 bits per heavy atom. The molecule has 5 nitrogen and oxygen atoms in total. The van der Waals surface area contributed by atoms with Gasteiger partial charge in [-0.1, -0.05) is 101 Å². The molecule has 0 radical (unpaired) electrons. The number of pyridine rings is 1. The second-order valence-corrected chi connectivity index (χ2v) is 8.81. The SMILES string of the molecule is CCCCCCCCCCCCOS(=O)(=O)[O-].c1ccc(CC[n+]2ccccc2)cc1. The van der Waals surface area contributed by atoms with Gasteiger partial charge in [0.2, 0.25) is 10.4 Å². The van der Waals surface area contributed by atoms with E-state index in [0.29, 0.717) is 6.42 Å². The number of benzene rings is 1. The highest BCUT2D eigenvalue weighted by atomic mass is 32.3. The van der Waals surface area contributed by atoms with Gasteiger partial charge < -0.3 is 4.55 Å². The van der Waals surface area contributed by atoms with Gasteiger partial charge in [0.25, 0.3) is 0 Å². The Hall–Kier alpha value is -1.76. The molecule has 0 aliphatic carbocycles. The standard InChI is InChI=1S/C13H14N.C12H26O4S/c1-3-7-13(8-4-1)9-12-14-10-5-2-6-11-14;1-2-3-4-5-6-7-8-9-10-11-12-16-17(13,14)15/h1-8,10-11H,9,12H2;2-12H2,1H3,(H,13,14,15)/q+1;/p-1. The molecule has 0 saturated heterocycles. The van der Waals surface area contributed by atoms with E-state index in [1.165, 1.54) is 50.5 Å². The summed E-state index contributed by atoms with van der Waals surface area (Å²) >= 11 is 0. The highest BCUT2D eigenvalue weighted by Gasteiger charge is 1.98. The summed E-state index contributed by atoms with van der Waals surface area (Å²) in [5.74, 6) is 0. The lowest BCUT2D eigenvalue weighted by molar-refractivity contribution is -0.696. The van der Waals surface area contributed by atoms with Crippen LogP contribution in [0.5, 0.6) is 0 Å². The van der Waals surface area contributed by atoms with E-state index in [4.69, 9.17) is 0 Å². The van der Waals surface area contributed by atoms with Crippen LogP contribution in [-0.4, -0.2) is 19.6 Å². The fourth-order valence-electron chi connectivity index (χ4n) is 3.24. The number of aromatic nitrogens is 1. The van der Waals surface area contributed by atoms with E-state index in [-0.39, 0.29) is 6.61 Å². The van der Waals surface area contributed by atoms with Crippen molar-refractivity contribution in [2.45, 2.75) is 84.1 Å². The van der Waals surface area contributed by atoms with Crippen molar-refractivity contribution in [2.75, 3.05) is 6.61 Å². The lowest BCUT2D eigenvalue weighted by atomic mass is 10.1. The Labute approximate surface area is 189 Å². The van der Waals surface area contributed by atoms with Crippen LogP contribution in [0.3, 0.4) is 0 Å². The highest BCUT2D eigenvalue weighted by Crippen LogP contribution is 2.10. The molecule has 2 aromatic rings. The molecule has 1 heterocycles. The number of nitrogens with zero attached hydrogens (tertiary/aromatic N) is 1. The maximum atomic E-state index is 10.1. The summed E-state index contributed by atoms with van der Waals surface area (Å²) in [6.07, 6.45) is 17.0. The van der Waals surface area contributed by atoms with E-state index < -0.39 is 10.4 Å². The normalized spacial score (nSPS) is 11.0. The molecule has 0 spiro atoms. The van der Waals surface area contributed by atoms with Gasteiger partial charge in [-0.25, -0.2) is 13.0 Å². The van der Waals surface area contributed by atoms with Crippen molar-refractivity contribution in [3.63, 3.8) is 0 Å². The molecular weight excluding hydrogens is 410 g/mol. The van der Waals surface area contributed by atoms with Crippen LogP contribution in [0.15, 0.2) is 60.9 Å². The Balaban J connectivity index is 0.000000314. The van der Waals surface area contributed by atoms with Gasteiger partial charge in [-0.3, -0.25) is 4.18 Å². The Kier molecular flexibility index (Phi) is 15.7. The third-order valence-electron chi connectivity index (χ3n) is 5.00. The maximum Gasteiger partial charge on any atom is 0.217 e. The van der Waals surface area contributed by atoms with Crippen LogP contribution in [0.1, 0.15) is 76.7 Å². The molecule has 0 saturated carbocycles. The molecule has 174 valence electrons. The molecule has 0 unspecified atom stereocenters. The largest absolute Gasteiger partial charge is 0.726 e. The van der Waals surface area contributed by atoms with Gasteiger partial charge in [-0.2, -0.15) is 0 Å². The van der Waals surface area contributed by atoms with Crippen LogP contribution >= 0.6 is 0 Å². The van der Waals surface area contributed by atoms with Gasteiger partial charge >= 0.3 is 0 Å². The fourth-order valence-corrected chi connectivity index (χ4v) is 3.56. The van der Waals surface area contributed by atoms with Gasteiger partial charge in [-0.15, -0.1) is 0 Å². The molecule has 0 N–H and O–H groups in total. The quantitative estimate of drug-likeness (QED) is 0.154. The first-order valence-electron chi connectivity index (χ1n) is 11.6. The summed E-state index contributed by atoms with van der Waals surface area (Å²) in [7, 11) is -4.48. The molecule has 2 rings (SSSR count). The zero-order chi connectivity index (χ0) is 22.6. The van der Waals surface area contributed by atoms with Gasteiger partial charge in [-0.05, 0) is 12.0 Å². The van der Waals surface area contributed by atoms with Crippen molar-refractivity contribution < 1.29 is 21.7 Å². The van der Waals surface area contributed by atoms with E-state index in [0.717, 1.165) is 25.8 Å². The minimum atomic E-state index is -4.48. The number of unbranched alkanes of at least 4 members (excludes halogenated alkanes) is 9. The summed E-state index contributed by atoms with van der Waals surface area (Å²) in [4.78, 5) is 0. The van der Waals surface area contributed by atoms with E-state index in [9.17, 15) is 13.0 Å². The van der Waals surface area contributed by atoms with Crippen LogP contribution in [-0.2, 0) is 27.5 Å². The molecule has 0 atom stereocenters. The molecule has 0 amide bonds. The van der Waals surface area contributed by atoms with Gasteiger partial charge in [0.05, 0.1) is 6.61 Å². The van der Waals surface area contributed by atoms with E-state index in [1.807, 2.05) is 6.07 Å². The zero-order valence-electron chi connectivity index (χ0n) is 19.0. The van der Waals surface area contributed by atoms with E-state index >= 15 is 0 Å². The molecule has 0 fully saturated rings. The van der Waals surface area contributed by atoms with Crippen LogP contribution < -0.4 is 4.57 Å². The molecule has 0 aliphatic heterocycles. The van der Waals surface area contributed by atoms with Crippen molar-refractivity contribution in [3.05, 3.63) is 66.5 Å². The maximum absolute atomic E-state index is 10.1. The molecular formula is C25H39NO4S. The molecule has 1 aromatic heterocycles. The van der Waals surface area contributed by atoms with Crippen molar-refractivity contribution >= 4 is 10.4 Å². The Morgan fingerprint density at radius 1 is 0.774 bits per heavy atom. The summed E-state index contributed by atoms with van der Waals surface area (Å²) < 4.78 is 36.7. The molecule has 0 aliphatic rings. The van der Waals surface area contributed by atoms with Crippen LogP contribution in [0, 0.1) is 0 Å². The first-order valence-corrected chi connectivity index (χ1v) is 12.9. The van der Waals surface area contributed by atoms with Crippen molar-refractivity contribution in [1.29, 1.82) is 0 Å². The average molecular weight is 450 g/mol. The second kappa shape index (κ2) is 17.9. The summed E-state index contributed by atoms with van der Waals surface area (Å²) in [6, 6.07) is 16.7. The minimum Gasteiger partial charge on any atom is -0.726 e. The average Bonchev–Trinajstić information content (AvgIpc) is 2.77. The molecule has 6 heteroatoms. The first kappa shape index (κ1) is 27.3. The predicted molar refractivity (Wildman–Crippen MR) is 124 cm³/mol. The minimum absolute atomic E-state index is 0.0301. The van der Waals surface area contributed by atoms with Crippen molar-refractivity contribution in [3.8, 4) is 0 Å². The fraction of sp³-hybridized carbons (Fsp3) is 0.560. The summed E-state index contributed by atoms with van der Waals surface area (Å²) in [6.45, 7) is 3.29. The van der Waals surface area contributed by atoms with Crippen LogP contribution in [0.4, 0.5) is 0 Å². The summed E-state index contributed by atoms with van der Waals surface area (Å²) in [5, 5.41) is 0. The Bertz CT molecular complexity index is 712. The van der Waals surface area contributed by atoms with Gasteiger partial charge in [0.15, 0.2) is 18.9 Å². The van der Waals surface area contributed by atoms with Crippen LogP contribution in [0.25, 0.3) is 0 Å². The van der Waals surface area contributed by atoms with Crippen LogP contribution in [0.2, 0.25) is 0 Å². The zero-order valence-corrected chi connectivity index (χ0v) is 19.8. The third kappa shape index (κ3) is 17.6. The lowest BCUT2D eigenvalue weighted by Crippen LogP contribution is -2.33. The number of aryl methyl sites for hydroxylation is 2. The van der Waals surface area contributed by atoms with Gasteiger partial charge in [0, 0.05) is 18.6 Å². The van der Waals surface area contributed by atoms with E-state index in [2.05, 4.69) is 70.5 Å². The predicted octanol–water partition coefficient (Wildman–Crippen LogP) is 5.60. The monoisotopic (exact) mass is 449 g/mol. The van der Waals surface area contributed by atoms with E-state index in [1.54, 1.807) is 0 Å². The van der Waals surface area contributed by atoms with Gasteiger partial charge in [0.1, 0.15) is 0 Å². The molecule has 31 heavy (non-hydrogen) atoms. The second-order valence-electron chi connectivity index (χ2n) is 7.76. The third-order valence-corrected chi connectivity index (χ3v) is 5.46. The number of hydrogen-bond acceptors (Lipinski definition) is 4. The van der Waals surface area contributed by atoms with Crippen molar-refractivity contribution in [2.24, 2.45) is 0 Å². The highest BCUT2D eigenvalue weighted by molar-refractivity contribution is 7.80. The topological polar surface area (TPSA) is 70.3 Å². The lowest BCUT2D eigenvalue weighted by Gasteiger charge is -2.06. The summed E-state index contributed by atoms with van der Waals surface area (Å²) in [5.41, 5.74) is 1.39. The number of hydrogen-bond donors (Lipinski definition) is 0. The number of rotatable bonds is 15. The first-order chi connectivity index (χ1) is 15.0. The Morgan fingerprint density at radius 2 is 1.29 bits per heavy atom. The molecule has 1 aromatic carbocycles. The van der Waals surface area contributed by atoms with Crippen molar-refractivity contribution in [1.82, 2.24) is 0 Å².